The van der Waals surface area contributed by atoms with Gasteiger partial charge in [0.15, 0.2) is 6.10 Å². The number of ether oxygens (including phenoxy) is 6. The molecule has 4 aliphatic rings. The number of esters is 3. The monoisotopic (exact) mass is 775 g/mol. The van der Waals surface area contributed by atoms with Crippen molar-refractivity contribution in [1.29, 1.82) is 0 Å². The molecule has 0 saturated carbocycles. The quantitative estimate of drug-likeness (QED) is 0.0977. The van der Waals surface area contributed by atoms with Crippen LogP contribution in [-0.2, 0) is 42.8 Å². The van der Waals surface area contributed by atoms with Gasteiger partial charge in [-0.3, -0.25) is 9.59 Å². The van der Waals surface area contributed by atoms with E-state index in [0.29, 0.717) is 38.5 Å². The average Bonchev–Trinajstić information content (AvgIpc) is 3.07. The molecule has 0 spiro atoms. The molecule has 3 N–H and O–H groups in total. The molecule has 0 aromatic rings. The number of nitrogens with zero attached hydrogens (tertiary/aromatic N) is 1. The Morgan fingerprint density at radius 2 is 1.62 bits per heavy atom. The van der Waals surface area contributed by atoms with E-state index in [9.17, 15) is 29.7 Å². The van der Waals surface area contributed by atoms with Crippen LogP contribution in [0, 0.1) is 5.41 Å². The maximum absolute atomic E-state index is 13.4. The molecule has 3 saturated heterocycles. The second-order valence-corrected chi connectivity index (χ2v) is 16.8. The van der Waals surface area contributed by atoms with Crippen LogP contribution in [0.4, 0.5) is 0 Å². The Balaban J connectivity index is 1.72. The third kappa shape index (κ3) is 13.1. The average molecular weight is 776 g/mol. The predicted octanol–water partition coefficient (Wildman–Crippen LogP) is 4.61. The van der Waals surface area contributed by atoms with E-state index in [0.717, 1.165) is 30.5 Å². The summed E-state index contributed by atoms with van der Waals surface area (Å²) < 4.78 is 36.2. The number of hydrogen-bond acceptors (Lipinski definition) is 13. The van der Waals surface area contributed by atoms with Gasteiger partial charge >= 0.3 is 17.9 Å². The fraction of sp³-hybridized carbons (Fsp3) is 0.738. The Labute approximate surface area is 326 Å². The first-order valence-electron chi connectivity index (χ1n) is 19.8. The smallest absolute Gasteiger partial charge is 0.330 e. The molecule has 0 radical (unpaired) electrons. The van der Waals surface area contributed by atoms with Gasteiger partial charge in [0.25, 0.3) is 0 Å². The Hall–Kier alpha value is -2.91. The first-order valence-corrected chi connectivity index (χ1v) is 19.8. The number of unbranched alkanes of at least 4 members (excludes halogenated alkanes) is 2. The molecule has 4 aliphatic heterocycles. The van der Waals surface area contributed by atoms with Crippen molar-refractivity contribution >= 4 is 17.9 Å². The van der Waals surface area contributed by atoms with Crippen LogP contribution in [0.3, 0.4) is 0 Å². The second-order valence-electron chi connectivity index (χ2n) is 16.8. The SMILES string of the molecule is C=C1CC2C[C@@H](O)CC(=O)O[C@@H]([C@@H](C)O)C[C@@H]3C/C(=C\C(=O)OC)[C@H](OC(=O)CCCCCN(C)C)[C@@](O)(O3)C(C)(C)/C=C/[C@H]3CC(=C)C[C@@H](C[C@@H](C1)O2)O3. The highest BCUT2D eigenvalue weighted by molar-refractivity contribution is 5.83. The number of rotatable bonds is 9. The Morgan fingerprint density at radius 1 is 0.964 bits per heavy atom. The topological polar surface area (TPSA) is 171 Å². The van der Waals surface area contributed by atoms with Crippen LogP contribution in [0.5, 0.6) is 0 Å². The van der Waals surface area contributed by atoms with E-state index in [1.165, 1.54) is 20.1 Å². The fourth-order valence-electron chi connectivity index (χ4n) is 7.98. The number of carbonyl (C=O) groups is 3. The second kappa shape index (κ2) is 20.0. The lowest BCUT2D eigenvalue weighted by Crippen LogP contribution is -2.62. The van der Waals surface area contributed by atoms with Crippen molar-refractivity contribution in [3.63, 3.8) is 0 Å². The number of hydrogen-bond donors (Lipinski definition) is 3. The lowest BCUT2D eigenvalue weighted by atomic mass is 9.74. The third-order valence-corrected chi connectivity index (χ3v) is 11.0. The van der Waals surface area contributed by atoms with Gasteiger partial charge in [0.2, 0.25) is 5.79 Å². The van der Waals surface area contributed by atoms with Gasteiger partial charge in [-0.25, -0.2) is 4.79 Å². The Bertz CT molecular complexity index is 1420. The summed E-state index contributed by atoms with van der Waals surface area (Å²) in [6.07, 6.45) is 3.10. The van der Waals surface area contributed by atoms with E-state index in [2.05, 4.69) is 18.1 Å². The van der Waals surface area contributed by atoms with Gasteiger partial charge in [-0.2, -0.15) is 0 Å². The Morgan fingerprint density at radius 3 is 2.27 bits per heavy atom. The zero-order chi connectivity index (χ0) is 40.5. The van der Waals surface area contributed by atoms with Gasteiger partial charge in [0.1, 0.15) is 6.10 Å². The molecule has 3 fully saturated rings. The summed E-state index contributed by atoms with van der Waals surface area (Å²) in [6, 6.07) is 0. The molecule has 13 heteroatoms. The molecule has 1 unspecified atom stereocenters. The van der Waals surface area contributed by atoms with E-state index in [-0.39, 0.29) is 56.0 Å². The van der Waals surface area contributed by atoms with E-state index in [1.54, 1.807) is 19.9 Å². The van der Waals surface area contributed by atoms with E-state index in [4.69, 9.17) is 28.4 Å². The molecule has 0 amide bonds. The number of aliphatic hydroxyl groups is 3. The first kappa shape index (κ1) is 44.8. The minimum absolute atomic E-state index is 0.0152. The van der Waals surface area contributed by atoms with Crippen LogP contribution >= 0.6 is 0 Å². The van der Waals surface area contributed by atoms with Crippen molar-refractivity contribution in [2.24, 2.45) is 5.41 Å². The fourth-order valence-corrected chi connectivity index (χ4v) is 7.98. The van der Waals surface area contributed by atoms with Crippen LogP contribution in [0.1, 0.15) is 104 Å². The normalized spacial score (nSPS) is 35.4. The number of methoxy groups -OCH3 is 1. The van der Waals surface area contributed by atoms with Crippen molar-refractivity contribution in [3.05, 3.63) is 48.1 Å². The number of cyclic esters (lactones) is 1. The third-order valence-electron chi connectivity index (χ3n) is 11.0. The van der Waals surface area contributed by atoms with Crippen LogP contribution in [0.15, 0.2) is 48.1 Å². The number of carbonyl (C=O) groups excluding carboxylic acids is 3. The van der Waals surface area contributed by atoms with E-state index in [1.807, 2.05) is 20.2 Å². The largest absolute Gasteiger partial charge is 0.466 e. The Kier molecular flexibility index (Phi) is 16.3. The first-order chi connectivity index (χ1) is 25.9. The van der Waals surface area contributed by atoms with Gasteiger partial charge in [-0.05, 0) is 78.1 Å². The highest BCUT2D eigenvalue weighted by atomic mass is 16.7. The molecule has 6 bridgehead atoms. The molecule has 4 rings (SSSR count). The zero-order valence-electron chi connectivity index (χ0n) is 33.7. The maximum Gasteiger partial charge on any atom is 0.330 e. The minimum atomic E-state index is -2.26. The van der Waals surface area contributed by atoms with Crippen molar-refractivity contribution < 1.29 is 58.1 Å². The number of aliphatic hydroxyl groups excluding tert-OH is 2. The lowest BCUT2D eigenvalue weighted by Gasteiger charge is -2.51. The summed E-state index contributed by atoms with van der Waals surface area (Å²) in [5.41, 5.74) is 0.967. The molecule has 0 aromatic carbocycles. The lowest BCUT2D eigenvalue weighted by molar-refractivity contribution is -0.327. The molecule has 310 valence electrons. The highest BCUT2D eigenvalue weighted by Crippen LogP contribution is 2.47. The summed E-state index contributed by atoms with van der Waals surface area (Å²) in [5, 5.41) is 34.5. The number of fused-ring (bicyclic) bond motifs is 6. The van der Waals surface area contributed by atoms with Crippen molar-refractivity contribution in [3.8, 4) is 0 Å². The van der Waals surface area contributed by atoms with Gasteiger partial charge < -0.3 is 48.6 Å². The maximum atomic E-state index is 13.4. The summed E-state index contributed by atoms with van der Waals surface area (Å²) in [6.45, 7) is 14.3. The van der Waals surface area contributed by atoms with Gasteiger partial charge in [0, 0.05) is 37.2 Å². The molecular formula is C42H65NO12. The minimum Gasteiger partial charge on any atom is -0.466 e. The summed E-state index contributed by atoms with van der Waals surface area (Å²) in [7, 11) is 5.20. The summed E-state index contributed by atoms with van der Waals surface area (Å²) >= 11 is 0. The molecule has 0 aliphatic carbocycles. The molecular weight excluding hydrogens is 710 g/mol. The molecule has 55 heavy (non-hydrogen) atoms. The van der Waals surface area contributed by atoms with E-state index >= 15 is 0 Å². The standard InChI is InChI=1S/C42H65NO12/c1-26-16-31-13-14-41(4,5)42(49)40(54-37(46)12-10-9-11-15-43(6)7)29(21-38(47)50-8)20-35(55-42)25-36(28(3)44)53-39(48)23-30(45)22-32-17-27(2)19-34(52-32)24-33(18-26)51-31/h13-14,21,28,30-36,40,44-45,49H,1-2,9-12,15-20,22-25H2,3-8H3/b14-13+,29-21+/t28-,30-,31+,32?,33+,34-,35+,36-,40+,42-/m1/s1. The van der Waals surface area contributed by atoms with Gasteiger partial charge in [0.05, 0.1) is 56.3 Å². The van der Waals surface area contributed by atoms with Crippen molar-refractivity contribution in [2.45, 2.75) is 165 Å². The highest BCUT2D eigenvalue weighted by Gasteiger charge is 2.57. The molecule has 0 aromatic heterocycles. The molecule has 4 heterocycles. The molecule has 13 nitrogen and oxygen atoms in total. The molecule has 10 atom stereocenters. The van der Waals surface area contributed by atoms with Crippen molar-refractivity contribution in [2.75, 3.05) is 27.7 Å². The van der Waals surface area contributed by atoms with Crippen LogP contribution in [0.25, 0.3) is 0 Å². The van der Waals surface area contributed by atoms with Crippen LogP contribution in [-0.4, -0.2) is 127 Å². The summed E-state index contributed by atoms with van der Waals surface area (Å²) in [5.74, 6) is -4.27. The van der Waals surface area contributed by atoms with E-state index < -0.39 is 65.7 Å². The zero-order valence-corrected chi connectivity index (χ0v) is 33.7. The van der Waals surface area contributed by atoms with Gasteiger partial charge in [-0.1, -0.05) is 56.7 Å². The van der Waals surface area contributed by atoms with Crippen molar-refractivity contribution in [1.82, 2.24) is 4.90 Å². The van der Waals surface area contributed by atoms with Crippen LogP contribution < -0.4 is 0 Å². The van der Waals surface area contributed by atoms with Gasteiger partial charge in [-0.15, -0.1) is 0 Å². The van der Waals surface area contributed by atoms with Crippen LogP contribution in [0.2, 0.25) is 0 Å². The predicted molar refractivity (Wildman–Crippen MR) is 204 cm³/mol. The summed E-state index contributed by atoms with van der Waals surface area (Å²) in [4.78, 5) is 41.5.